The molecule has 1 aliphatic heterocycles. The summed E-state index contributed by atoms with van der Waals surface area (Å²) < 4.78 is 11.3. The van der Waals surface area contributed by atoms with Crippen LogP contribution in [0.4, 0.5) is 0 Å². The fourth-order valence-electron chi connectivity index (χ4n) is 3.06. The van der Waals surface area contributed by atoms with E-state index in [2.05, 4.69) is 31.3 Å². The number of benzene rings is 2. The van der Waals surface area contributed by atoms with Crippen molar-refractivity contribution < 1.29 is 14.3 Å². The fraction of sp³-hybridized carbons (Fsp3) is 0.409. The summed E-state index contributed by atoms with van der Waals surface area (Å²) in [5.74, 6) is 0.696. The van der Waals surface area contributed by atoms with E-state index in [1.54, 1.807) is 12.1 Å². The van der Waals surface area contributed by atoms with Crippen LogP contribution in [0.3, 0.4) is 0 Å². The average molecular weight is 353 g/mol. The summed E-state index contributed by atoms with van der Waals surface area (Å²) in [5.41, 5.74) is 1.72. The third-order valence-corrected chi connectivity index (χ3v) is 4.82. The first-order valence-corrected chi connectivity index (χ1v) is 9.23. The van der Waals surface area contributed by atoms with Crippen molar-refractivity contribution in [3.8, 4) is 5.75 Å². The second-order valence-corrected chi connectivity index (χ2v) is 7.40. The van der Waals surface area contributed by atoms with E-state index in [9.17, 15) is 4.79 Å². The molecule has 1 fully saturated rings. The molecule has 4 heteroatoms. The van der Waals surface area contributed by atoms with Crippen LogP contribution >= 0.6 is 0 Å². The zero-order valence-electron chi connectivity index (χ0n) is 15.5. The highest BCUT2D eigenvalue weighted by Crippen LogP contribution is 2.22. The lowest BCUT2D eigenvalue weighted by molar-refractivity contribution is 0.0679. The first kappa shape index (κ1) is 18.5. The molecule has 1 aliphatic rings. The molecule has 1 unspecified atom stereocenters. The molecule has 26 heavy (non-hydrogen) atoms. The molecule has 0 bridgehead atoms. The number of rotatable bonds is 7. The minimum atomic E-state index is -0.124. The smallest absolute Gasteiger partial charge is 0.251 e. The fourth-order valence-corrected chi connectivity index (χ4v) is 3.06. The van der Waals surface area contributed by atoms with Crippen LogP contribution < -0.4 is 10.1 Å². The van der Waals surface area contributed by atoms with Gasteiger partial charge in [-0.15, -0.1) is 0 Å². The Balaban J connectivity index is 1.51. The quantitative estimate of drug-likeness (QED) is 0.820. The Bertz CT molecular complexity index is 704. The number of carbonyl (C=O) groups is 1. The third-order valence-electron chi connectivity index (χ3n) is 4.82. The predicted molar refractivity (Wildman–Crippen MR) is 103 cm³/mol. The number of hydrogen-bond acceptors (Lipinski definition) is 3. The molecule has 0 spiro atoms. The van der Waals surface area contributed by atoms with Gasteiger partial charge in [0.1, 0.15) is 12.4 Å². The van der Waals surface area contributed by atoms with E-state index in [0.717, 1.165) is 25.2 Å². The average Bonchev–Trinajstić information content (AvgIpc) is 3.19. The Morgan fingerprint density at radius 2 is 1.88 bits per heavy atom. The van der Waals surface area contributed by atoms with Crippen molar-refractivity contribution in [3.05, 3.63) is 65.7 Å². The zero-order chi connectivity index (χ0) is 18.4. The van der Waals surface area contributed by atoms with Crippen molar-refractivity contribution in [1.82, 2.24) is 5.32 Å². The van der Waals surface area contributed by atoms with Gasteiger partial charge in [0.2, 0.25) is 0 Å². The molecular formula is C22H27NO3. The zero-order valence-corrected chi connectivity index (χ0v) is 15.5. The molecule has 0 aliphatic carbocycles. The summed E-state index contributed by atoms with van der Waals surface area (Å²) in [4.78, 5) is 12.4. The Labute approximate surface area is 155 Å². The summed E-state index contributed by atoms with van der Waals surface area (Å²) in [7, 11) is 0. The molecule has 4 nitrogen and oxygen atoms in total. The van der Waals surface area contributed by atoms with Crippen LogP contribution in [-0.2, 0) is 10.2 Å². The van der Waals surface area contributed by atoms with Crippen molar-refractivity contribution in [2.45, 2.75) is 38.2 Å². The number of carbonyl (C=O) groups excluding carboxylic acids is 1. The van der Waals surface area contributed by atoms with Crippen LogP contribution in [0.25, 0.3) is 0 Å². The lowest BCUT2D eigenvalue weighted by Gasteiger charge is -2.25. The van der Waals surface area contributed by atoms with Crippen molar-refractivity contribution >= 4 is 5.91 Å². The molecule has 1 N–H and O–H groups in total. The van der Waals surface area contributed by atoms with Crippen LogP contribution in [0, 0.1) is 0 Å². The Morgan fingerprint density at radius 1 is 1.15 bits per heavy atom. The molecule has 3 rings (SSSR count). The topological polar surface area (TPSA) is 47.6 Å². The summed E-state index contributed by atoms with van der Waals surface area (Å²) in [6, 6.07) is 17.5. The van der Waals surface area contributed by atoms with Gasteiger partial charge in [0.15, 0.2) is 0 Å². The molecule has 1 amide bonds. The lowest BCUT2D eigenvalue weighted by Crippen LogP contribution is -2.36. The Morgan fingerprint density at radius 3 is 2.54 bits per heavy atom. The third kappa shape index (κ3) is 4.85. The highest BCUT2D eigenvalue weighted by atomic mass is 16.5. The summed E-state index contributed by atoms with van der Waals surface area (Å²) in [6.45, 7) is 6.23. The van der Waals surface area contributed by atoms with Crippen molar-refractivity contribution in [2.24, 2.45) is 0 Å². The van der Waals surface area contributed by atoms with Crippen molar-refractivity contribution in [1.29, 1.82) is 0 Å². The van der Waals surface area contributed by atoms with Gasteiger partial charge in [-0.25, -0.2) is 0 Å². The molecule has 1 heterocycles. The SMILES string of the molecule is CC(C)(CNC(=O)c1ccc(OCC2CCCO2)cc1)c1ccccc1. The molecule has 0 saturated carbocycles. The number of nitrogens with one attached hydrogen (secondary N) is 1. The second kappa shape index (κ2) is 8.37. The van der Waals surface area contributed by atoms with Crippen molar-refractivity contribution in [2.75, 3.05) is 19.8 Å². The maximum atomic E-state index is 12.4. The first-order valence-electron chi connectivity index (χ1n) is 9.23. The van der Waals surface area contributed by atoms with Gasteiger partial charge in [0, 0.05) is 24.1 Å². The Hall–Kier alpha value is -2.33. The van der Waals surface area contributed by atoms with Gasteiger partial charge >= 0.3 is 0 Å². The minimum absolute atomic E-state index is 0.0697. The van der Waals surface area contributed by atoms with Crippen LogP contribution in [-0.4, -0.2) is 31.8 Å². The van der Waals surface area contributed by atoms with E-state index in [-0.39, 0.29) is 17.4 Å². The predicted octanol–water partition coefficient (Wildman–Crippen LogP) is 3.95. The summed E-state index contributed by atoms with van der Waals surface area (Å²) in [5, 5.41) is 3.03. The largest absolute Gasteiger partial charge is 0.491 e. The van der Waals surface area contributed by atoms with E-state index in [1.807, 2.05) is 30.3 Å². The molecule has 0 radical (unpaired) electrons. The van der Waals surface area contributed by atoms with Gasteiger partial charge in [-0.3, -0.25) is 4.79 Å². The standard InChI is InChI=1S/C22H27NO3/c1-22(2,18-7-4-3-5-8-18)16-23-21(24)17-10-12-19(13-11-17)26-15-20-9-6-14-25-20/h3-5,7-8,10-13,20H,6,9,14-16H2,1-2H3,(H,23,24). The monoisotopic (exact) mass is 353 g/mol. The highest BCUT2D eigenvalue weighted by Gasteiger charge is 2.21. The lowest BCUT2D eigenvalue weighted by atomic mass is 9.84. The van der Waals surface area contributed by atoms with Crippen LogP contribution in [0.5, 0.6) is 5.75 Å². The minimum Gasteiger partial charge on any atom is -0.491 e. The normalized spacial score (nSPS) is 17.1. The molecular weight excluding hydrogens is 326 g/mol. The summed E-state index contributed by atoms with van der Waals surface area (Å²) >= 11 is 0. The summed E-state index contributed by atoms with van der Waals surface area (Å²) in [6.07, 6.45) is 2.35. The number of hydrogen-bond donors (Lipinski definition) is 1. The molecule has 2 aromatic rings. The maximum Gasteiger partial charge on any atom is 0.251 e. The highest BCUT2D eigenvalue weighted by molar-refractivity contribution is 5.94. The number of amides is 1. The molecule has 138 valence electrons. The van der Waals surface area contributed by atoms with Gasteiger partial charge in [-0.1, -0.05) is 44.2 Å². The van der Waals surface area contributed by atoms with Gasteiger partial charge in [-0.2, -0.15) is 0 Å². The molecule has 1 atom stereocenters. The van der Waals surface area contributed by atoms with Gasteiger partial charge in [0.05, 0.1) is 6.10 Å². The van der Waals surface area contributed by atoms with E-state index >= 15 is 0 Å². The number of ether oxygens (including phenoxy) is 2. The van der Waals surface area contributed by atoms with E-state index < -0.39 is 0 Å². The van der Waals surface area contributed by atoms with Crippen LogP contribution in [0.1, 0.15) is 42.6 Å². The van der Waals surface area contributed by atoms with Gasteiger partial charge < -0.3 is 14.8 Å². The molecule has 0 aromatic heterocycles. The van der Waals surface area contributed by atoms with Crippen molar-refractivity contribution in [3.63, 3.8) is 0 Å². The van der Waals surface area contributed by atoms with E-state index in [4.69, 9.17) is 9.47 Å². The Kier molecular flexibility index (Phi) is 5.94. The van der Waals surface area contributed by atoms with E-state index in [1.165, 1.54) is 5.56 Å². The van der Waals surface area contributed by atoms with E-state index in [0.29, 0.717) is 18.7 Å². The van der Waals surface area contributed by atoms with Crippen LogP contribution in [0.2, 0.25) is 0 Å². The second-order valence-electron chi connectivity index (χ2n) is 7.40. The van der Waals surface area contributed by atoms with Gasteiger partial charge in [0.25, 0.3) is 5.91 Å². The van der Waals surface area contributed by atoms with Gasteiger partial charge in [-0.05, 0) is 42.7 Å². The first-order chi connectivity index (χ1) is 12.5. The van der Waals surface area contributed by atoms with Crippen LogP contribution in [0.15, 0.2) is 54.6 Å². The maximum absolute atomic E-state index is 12.4. The molecule has 1 saturated heterocycles. The molecule has 2 aromatic carbocycles.